The van der Waals surface area contributed by atoms with Crippen molar-refractivity contribution in [2.45, 2.75) is 13.3 Å². The molecule has 39 heavy (non-hydrogen) atoms. The molecule has 0 saturated heterocycles. The summed E-state index contributed by atoms with van der Waals surface area (Å²) in [5, 5.41) is 7.26. The van der Waals surface area contributed by atoms with E-state index in [1.807, 2.05) is 12.3 Å². The van der Waals surface area contributed by atoms with Crippen LogP contribution in [0.25, 0.3) is 54.5 Å². The minimum atomic E-state index is 0.124. The van der Waals surface area contributed by atoms with E-state index < -0.39 is 0 Å². The predicted octanol–water partition coefficient (Wildman–Crippen LogP) is 9.71. The van der Waals surface area contributed by atoms with Crippen LogP contribution < -0.4 is 0 Å². The third-order valence-electron chi connectivity index (χ3n) is 7.97. The maximum atomic E-state index is 5.18. The van der Waals surface area contributed by atoms with E-state index in [-0.39, 0.29) is 5.92 Å². The van der Waals surface area contributed by atoms with E-state index in [9.17, 15) is 0 Å². The first-order chi connectivity index (χ1) is 19.2. The van der Waals surface area contributed by atoms with Gasteiger partial charge in [0.15, 0.2) is 0 Å². The Morgan fingerprint density at radius 1 is 0.744 bits per heavy atom. The molecule has 0 aliphatic heterocycles. The fraction of sp³-hybridized carbons (Fsp3) is 0.0811. The Morgan fingerprint density at radius 2 is 1.46 bits per heavy atom. The van der Waals surface area contributed by atoms with Crippen LogP contribution in [0.3, 0.4) is 0 Å². The molecule has 2 heteroatoms. The number of hydrogen-bond acceptors (Lipinski definition) is 2. The van der Waals surface area contributed by atoms with Crippen LogP contribution in [-0.4, -0.2) is 9.97 Å². The second-order valence-corrected chi connectivity index (χ2v) is 10.2. The monoisotopic (exact) mass is 500 g/mol. The molecule has 0 radical (unpaired) electrons. The van der Waals surface area contributed by atoms with Gasteiger partial charge in [-0.1, -0.05) is 104 Å². The van der Waals surface area contributed by atoms with E-state index in [0.717, 1.165) is 39.5 Å². The number of hydrogen-bond donors (Lipinski definition) is 0. The van der Waals surface area contributed by atoms with Crippen molar-refractivity contribution in [3.05, 3.63) is 145 Å². The van der Waals surface area contributed by atoms with Crippen molar-refractivity contribution in [2.75, 3.05) is 0 Å². The molecule has 2 heterocycles. The molecule has 4 aromatic carbocycles. The zero-order chi connectivity index (χ0) is 26.3. The third-order valence-corrected chi connectivity index (χ3v) is 7.97. The van der Waals surface area contributed by atoms with Gasteiger partial charge < -0.3 is 0 Å². The van der Waals surface area contributed by atoms with E-state index in [4.69, 9.17) is 11.6 Å². The summed E-state index contributed by atoms with van der Waals surface area (Å²) in [6.07, 6.45) is 11.6. The summed E-state index contributed by atoms with van der Waals surface area (Å²) < 4.78 is 0. The standard InChI is InChI=1S/C37H28N2/c1-3-4-12-28-24(2)29(34-23-27-10-5-6-13-30(27)31-14-7-8-15-32(31)34)19-20-33(28)35-21-18-26-17-16-25-11-9-22-38-36(25)37(26)39-35/h3-11,13-23,28H,2,12H2,1H3/b4-3-. The lowest BCUT2D eigenvalue weighted by atomic mass is 9.76. The van der Waals surface area contributed by atoms with Crippen LogP contribution in [0.1, 0.15) is 24.6 Å². The number of nitrogens with zero attached hydrogens (tertiary/aromatic N) is 2. The van der Waals surface area contributed by atoms with E-state index >= 15 is 0 Å². The highest BCUT2D eigenvalue weighted by Crippen LogP contribution is 2.44. The van der Waals surface area contributed by atoms with Crippen LogP contribution in [0.15, 0.2) is 134 Å². The van der Waals surface area contributed by atoms with Crippen molar-refractivity contribution in [2.24, 2.45) is 5.92 Å². The molecule has 186 valence electrons. The van der Waals surface area contributed by atoms with E-state index in [2.05, 4.69) is 121 Å². The number of allylic oxidation sites excluding steroid dienone is 7. The van der Waals surface area contributed by atoms with Crippen LogP contribution in [0.5, 0.6) is 0 Å². The first-order valence-corrected chi connectivity index (χ1v) is 13.5. The molecule has 2 nitrogen and oxygen atoms in total. The third kappa shape index (κ3) is 3.88. The normalized spacial score (nSPS) is 15.9. The molecule has 0 saturated carbocycles. The molecule has 0 bridgehead atoms. The lowest BCUT2D eigenvalue weighted by Crippen LogP contribution is -2.12. The first kappa shape index (κ1) is 23.3. The molecule has 7 rings (SSSR count). The molecule has 0 amide bonds. The Morgan fingerprint density at radius 3 is 2.31 bits per heavy atom. The predicted molar refractivity (Wildman–Crippen MR) is 167 cm³/mol. The molecule has 1 unspecified atom stereocenters. The summed E-state index contributed by atoms with van der Waals surface area (Å²) in [5.41, 5.74) is 7.62. The summed E-state index contributed by atoms with van der Waals surface area (Å²) in [7, 11) is 0. The van der Waals surface area contributed by atoms with Gasteiger partial charge in [0.25, 0.3) is 0 Å². The van der Waals surface area contributed by atoms with Gasteiger partial charge in [0, 0.05) is 22.9 Å². The van der Waals surface area contributed by atoms with Crippen LogP contribution in [-0.2, 0) is 0 Å². The van der Waals surface area contributed by atoms with Crippen LogP contribution in [0.2, 0.25) is 0 Å². The Hall–Kier alpha value is -4.82. The number of rotatable bonds is 4. The highest BCUT2D eigenvalue weighted by atomic mass is 14.8. The minimum Gasteiger partial charge on any atom is -0.254 e. The van der Waals surface area contributed by atoms with Gasteiger partial charge in [-0.25, -0.2) is 4.98 Å². The average Bonchev–Trinajstić information content (AvgIpc) is 2.99. The second-order valence-electron chi connectivity index (χ2n) is 10.2. The van der Waals surface area contributed by atoms with Crippen molar-refractivity contribution >= 4 is 54.5 Å². The zero-order valence-corrected chi connectivity index (χ0v) is 21.9. The van der Waals surface area contributed by atoms with E-state index in [0.29, 0.717) is 0 Å². The molecular formula is C37H28N2. The number of fused-ring (bicyclic) bond motifs is 6. The van der Waals surface area contributed by atoms with Gasteiger partial charge in [-0.15, -0.1) is 0 Å². The molecular weight excluding hydrogens is 472 g/mol. The van der Waals surface area contributed by atoms with Gasteiger partial charge in [0.1, 0.15) is 0 Å². The van der Waals surface area contributed by atoms with Crippen molar-refractivity contribution in [1.29, 1.82) is 0 Å². The number of pyridine rings is 2. The zero-order valence-electron chi connectivity index (χ0n) is 21.9. The molecule has 0 spiro atoms. The summed E-state index contributed by atoms with van der Waals surface area (Å²) in [6.45, 7) is 6.78. The fourth-order valence-corrected chi connectivity index (χ4v) is 6.00. The van der Waals surface area contributed by atoms with Gasteiger partial charge >= 0.3 is 0 Å². The van der Waals surface area contributed by atoms with Crippen molar-refractivity contribution in [3.63, 3.8) is 0 Å². The van der Waals surface area contributed by atoms with Crippen molar-refractivity contribution in [1.82, 2.24) is 9.97 Å². The summed E-state index contributed by atoms with van der Waals surface area (Å²) in [6, 6.07) is 32.3. The Kier molecular flexibility index (Phi) is 5.67. The largest absolute Gasteiger partial charge is 0.254 e. The first-order valence-electron chi connectivity index (χ1n) is 13.5. The van der Waals surface area contributed by atoms with Gasteiger partial charge in [-0.05, 0) is 75.4 Å². The van der Waals surface area contributed by atoms with Crippen molar-refractivity contribution < 1.29 is 0 Å². The van der Waals surface area contributed by atoms with Gasteiger partial charge in [0.05, 0.1) is 16.7 Å². The molecule has 0 N–H and O–H groups in total. The lowest BCUT2D eigenvalue weighted by molar-refractivity contribution is 0.815. The molecule has 2 aromatic heterocycles. The maximum absolute atomic E-state index is 5.18. The topological polar surface area (TPSA) is 25.8 Å². The molecule has 0 fully saturated rings. The highest BCUT2D eigenvalue weighted by molar-refractivity contribution is 6.13. The van der Waals surface area contributed by atoms with Gasteiger partial charge in [-0.2, -0.15) is 0 Å². The molecule has 1 aliphatic carbocycles. The number of aromatic nitrogens is 2. The summed E-state index contributed by atoms with van der Waals surface area (Å²) >= 11 is 0. The highest BCUT2D eigenvalue weighted by Gasteiger charge is 2.26. The minimum absolute atomic E-state index is 0.124. The number of benzene rings is 4. The van der Waals surface area contributed by atoms with Crippen LogP contribution in [0, 0.1) is 5.92 Å². The molecule has 6 aromatic rings. The van der Waals surface area contributed by atoms with E-state index in [1.165, 1.54) is 38.3 Å². The SMILES string of the molecule is C=C1C(c2cc3ccccc3c3ccccc23)=CC=C(c2ccc3ccc4cccnc4c3n2)C1C/C=C\C. The van der Waals surface area contributed by atoms with Crippen LogP contribution in [0.4, 0.5) is 0 Å². The summed E-state index contributed by atoms with van der Waals surface area (Å²) in [5.74, 6) is 0.124. The Bertz CT molecular complexity index is 2020. The Labute approximate surface area is 228 Å². The van der Waals surface area contributed by atoms with Gasteiger partial charge in [0.2, 0.25) is 0 Å². The molecule has 1 aliphatic rings. The smallest absolute Gasteiger partial charge is 0.0971 e. The quantitative estimate of drug-likeness (QED) is 0.178. The van der Waals surface area contributed by atoms with Crippen LogP contribution >= 0.6 is 0 Å². The lowest BCUT2D eigenvalue weighted by Gasteiger charge is -2.28. The van der Waals surface area contributed by atoms with Gasteiger partial charge in [-0.3, -0.25) is 4.98 Å². The fourth-order valence-electron chi connectivity index (χ4n) is 6.00. The molecule has 1 atom stereocenters. The second kappa shape index (κ2) is 9.49. The Balaban J connectivity index is 1.43. The van der Waals surface area contributed by atoms with E-state index in [1.54, 1.807) is 0 Å². The summed E-state index contributed by atoms with van der Waals surface area (Å²) in [4.78, 5) is 9.85. The maximum Gasteiger partial charge on any atom is 0.0971 e. The van der Waals surface area contributed by atoms with Crippen molar-refractivity contribution in [3.8, 4) is 0 Å². The average molecular weight is 501 g/mol.